The fraction of sp³-hybridized carbons (Fsp3) is 0.600. The highest BCUT2D eigenvalue weighted by atomic mass is 16.3. The van der Waals surface area contributed by atoms with E-state index in [1.807, 2.05) is 0 Å². The quantitative estimate of drug-likeness (QED) is 0.819. The summed E-state index contributed by atoms with van der Waals surface area (Å²) >= 11 is 0. The molecule has 2 unspecified atom stereocenters. The van der Waals surface area contributed by atoms with Gasteiger partial charge in [0.15, 0.2) is 0 Å². The van der Waals surface area contributed by atoms with E-state index in [2.05, 4.69) is 36.5 Å². The molecule has 17 heavy (non-hydrogen) atoms. The van der Waals surface area contributed by atoms with Crippen molar-refractivity contribution in [3.63, 3.8) is 0 Å². The molecule has 0 aliphatic heterocycles. The van der Waals surface area contributed by atoms with E-state index in [0.29, 0.717) is 6.04 Å². The maximum atomic E-state index is 10.2. The first-order valence-corrected chi connectivity index (χ1v) is 6.76. The van der Waals surface area contributed by atoms with E-state index in [1.54, 1.807) is 0 Å². The second-order valence-corrected chi connectivity index (χ2v) is 5.73. The van der Waals surface area contributed by atoms with Crippen molar-refractivity contribution in [2.24, 2.45) is 5.92 Å². The first-order chi connectivity index (χ1) is 8.24. The summed E-state index contributed by atoms with van der Waals surface area (Å²) in [6, 6.07) is 9.17. The number of fused-ring (bicyclic) bond motifs is 1. The van der Waals surface area contributed by atoms with Gasteiger partial charge in [0, 0.05) is 12.5 Å². The minimum atomic E-state index is -0.247. The summed E-state index contributed by atoms with van der Waals surface area (Å²) in [5, 5.41) is 13.8. The molecule has 0 heterocycles. The minimum absolute atomic E-state index is 0.154. The van der Waals surface area contributed by atoms with Crippen molar-refractivity contribution in [3.8, 4) is 0 Å². The molecule has 1 fully saturated rings. The van der Waals surface area contributed by atoms with Gasteiger partial charge in [-0.3, -0.25) is 0 Å². The zero-order chi connectivity index (χ0) is 11.8. The molecular formula is C15H21NO. The number of benzene rings is 1. The first-order valence-electron chi connectivity index (χ1n) is 6.76. The Morgan fingerprint density at radius 3 is 2.82 bits per heavy atom. The number of hydrogen-bond acceptors (Lipinski definition) is 2. The Bertz CT molecular complexity index is 404. The van der Waals surface area contributed by atoms with Gasteiger partial charge in [-0.25, -0.2) is 0 Å². The minimum Gasteiger partial charge on any atom is -0.391 e. The normalized spacial score (nSPS) is 36.1. The largest absolute Gasteiger partial charge is 0.391 e. The van der Waals surface area contributed by atoms with E-state index in [4.69, 9.17) is 0 Å². The van der Waals surface area contributed by atoms with Gasteiger partial charge in [-0.05, 0) is 36.3 Å². The molecule has 2 heteroatoms. The Morgan fingerprint density at radius 1 is 1.24 bits per heavy atom. The molecule has 2 aliphatic rings. The third kappa shape index (κ3) is 2.12. The SMILES string of the molecule is CC1CCC(N[C@@H]2c3ccccc3C[C@@H]2O)C1. The average molecular weight is 231 g/mol. The van der Waals surface area contributed by atoms with Gasteiger partial charge in [0.1, 0.15) is 0 Å². The summed E-state index contributed by atoms with van der Waals surface area (Å²) in [5.74, 6) is 0.835. The number of aliphatic hydroxyl groups excluding tert-OH is 1. The highest BCUT2D eigenvalue weighted by molar-refractivity contribution is 5.36. The van der Waals surface area contributed by atoms with E-state index in [-0.39, 0.29) is 12.1 Å². The lowest BCUT2D eigenvalue weighted by molar-refractivity contribution is 0.134. The van der Waals surface area contributed by atoms with E-state index >= 15 is 0 Å². The van der Waals surface area contributed by atoms with Crippen molar-refractivity contribution in [1.29, 1.82) is 0 Å². The van der Waals surface area contributed by atoms with Gasteiger partial charge in [0.05, 0.1) is 12.1 Å². The second-order valence-electron chi connectivity index (χ2n) is 5.73. The summed E-state index contributed by atoms with van der Waals surface area (Å²) < 4.78 is 0. The lowest BCUT2D eigenvalue weighted by Gasteiger charge is -2.22. The molecule has 0 radical (unpaired) electrons. The Hall–Kier alpha value is -0.860. The van der Waals surface area contributed by atoms with Crippen molar-refractivity contribution in [2.75, 3.05) is 0 Å². The number of aliphatic hydroxyl groups is 1. The molecule has 0 aromatic heterocycles. The first kappa shape index (κ1) is 11.2. The van der Waals surface area contributed by atoms with Gasteiger partial charge in [-0.15, -0.1) is 0 Å². The number of hydrogen-bond donors (Lipinski definition) is 2. The number of rotatable bonds is 2. The molecule has 1 saturated carbocycles. The molecule has 4 atom stereocenters. The summed E-state index contributed by atoms with van der Waals surface area (Å²) in [4.78, 5) is 0. The molecule has 2 nitrogen and oxygen atoms in total. The second kappa shape index (κ2) is 4.43. The fourth-order valence-corrected chi connectivity index (χ4v) is 3.39. The standard InChI is InChI=1S/C15H21NO/c1-10-6-7-12(8-10)16-15-13-5-3-2-4-11(13)9-14(15)17/h2-5,10,12,14-17H,6-9H2,1H3/t10?,12?,14-,15+/m0/s1. The van der Waals surface area contributed by atoms with Crippen molar-refractivity contribution < 1.29 is 5.11 Å². The molecule has 0 bridgehead atoms. The smallest absolute Gasteiger partial charge is 0.0775 e. The molecule has 2 aliphatic carbocycles. The van der Waals surface area contributed by atoms with Gasteiger partial charge >= 0.3 is 0 Å². The van der Waals surface area contributed by atoms with Crippen LogP contribution < -0.4 is 5.32 Å². The van der Waals surface area contributed by atoms with E-state index < -0.39 is 0 Å². The van der Waals surface area contributed by atoms with Crippen LogP contribution in [0.2, 0.25) is 0 Å². The Kier molecular flexibility index (Phi) is 2.93. The predicted octanol–water partition coefficient (Wildman–Crippen LogP) is 2.42. The van der Waals surface area contributed by atoms with Crippen LogP contribution >= 0.6 is 0 Å². The maximum Gasteiger partial charge on any atom is 0.0775 e. The van der Waals surface area contributed by atoms with Crippen molar-refractivity contribution in [2.45, 2.75) is 50.8 Å². The third-order valence-electron chi connectivity index (χ3n) is 4.31. The van der Waals surface area contributed by atoms with Crippen molar-refractivity contribution in [1.82, 2.24) is 5.32 Å². The Balaban J connectivity index is 1.75. The van der Waals surface area contributed by atoms with Crippen LogP contribution in [0.4, 0.5) is 0 Å². The zero-order valence-corrected chi connectivity index (χ0v) is 10.4. The summed E-state index contributed by atoms with van der Waals surface area (Å²) in [7, 11) is 0. The molecule has 92 valence electrons. The summed E-state index contributed by atoms with van der Waals surface area (Å²) in [6.45, 7) is 2.32. The lowest BCUT2D eigenvalue weighted by Crippen LogP contribution is -2.35. The molecule has 0 saturated heterocycles. The molecule has 1 aromatic rings. The maximum absolute atomic E-state index is 10.2. The Labute approximate surface area is 103 Å². The van der Waals surface area contributed by atoms with Crippen LogP contribution in [0.25, 0.3) is 0 Å². The van der Waals surface area contributed by atoms with Crippen LogP contribution in [-0.4, -0.2) is 17.3 Å². The molecular weight excluding hydrogens is 210 g/mol. The Morgan fingerprint density at radius 2 is 2.06 bits per heavy atom. The van der Waals surface area contributed by atoms with Crippen molar-refractivity contribution in [3.05, 3.63) is 35.4 Å². The van der Waals surface area contributed by atoms with Crippen LogP contribution in [0.15, 0.2) is 24.3 Å². The van der Waals surface area contributed by atoms with Gasteiger partial charge in [0.2, 0.25) is 0 Å². The van der Waals surface area contributed by atoms with Gasteiger partial charge in [-0.2, -0.15) is 0 Å². The van der Waals surface area contributed by atoms with Gasteiger partial charge in [-0.1, -0.05) is 31.2 Å². The zero-order valence-electron chi connectivity index (χ0n) is 10.4. The van der Waals surface area contributed by atoms with Crippen LogP contribution in [0.5, 0.6) is 0 Å². The van der Waals surface area contributed by atoms with Gasteiger partial charge < -0.3 is 10.4 Å². The molecule has 3 rings (SSSR count). The van der Waals surface area contributed by atoms with E-state index in [9.17, 15) is 5.11 Å². The van der Waals surface area contributed by atoms with Crippen LogP contribution in [0.1, 0.15) is 43.4 Å². The topological polar surface area (TPSA) is 32.3 Å². The van der Waals surface area contributed by atoms with Crippen molar-refractivity contribution >= 4 is 0 Å². The predicted molar refractivity (Wildman–Crippen MR) is 68.8 cm³/mol. The van der Waals surface area contributed by atoms with E-state index in [1.165, 1.54) is 30.4 Å². The molecule has 0 amide bonds. The molecule has 0 spiro atoms. The highest BCUT2D eigenvalue weighted by Gasteiger charge is 2.33. The van der Waals surface area contributed by atoms with Gasteiger partial charge in [0.25, 0.3) is 0 Å². The number of nitrogens with one attached hydrogen (secondary N) is 1. The fourth-order valence-electron chi connectivity index (χ4n) is 3.39. The monoisotopic (exact) mass is 231 g/mol. The van der Waals surface area contributed by atoms with Crippen LogP contribution in [0.3, 0.4) is 0 Å². The summed E-state index contributed by atoms with van der Waals surface area (Å²) in [6.07, 6.45) is 4.39. The molecule has 2 N–H and O–H groups in total. The average Bonchev–Trinajstić information content (AvgIpc) is 2.85. The lowest BCUT2D eigenvalue weighted by atomic mass is 10.1. The van der Waals surface area contributed by atoms with Crippen LogP contribution in [0, 0.1) is 5.92 Å². The van der Waals surface area contributed by atoms with E-state index in [0.717, 1.165) is 12.3 Å². The highest BCUT2D eigenvalue weighted by Crippen LogP contribution is 2.34. The summed E-state index contributed by atoms with van der Waals surface area (Å²) in [5.41, 5.74) is 2.61. The van der Waals surface area contributed by atoms with Crippen LogP contribution in [-0.2, 0) is 6.42 Å². The third-order valence-corrected chi connectivity index (χ3v) is 4.31. The molecule has 1 aromatic carbocycles.